The number of hydrogen-bond acceptors (Lipinski definition) is 5. The molecule has 96 valence electrons. The van der Waals surface area contributed by atoms with E-state index in [4.69, 9.17) is 10.3 Å². The molecule has 1 aromatic carbocycles. The molecule has 0 unspecified atom stereocenters. The van der Waals surface area contributed by atoms with Gasteiger partial charge in [0.05, 0.1) is 5.69 Å². The normalized spacial score (nSPS) is 10.8. The molecule has 2 heterocycles. The van der Waals surface area contributed by atoms with Crippen LogP contribution in [0.25, 0.3) is 23.0 Å². The highest BCUT2D eigenvalue weighted by Gasteiger charge is 2.13. The van der Waals surface area contributed by atoms with Crippen molar-refractivity contribution in [2.24, 2.45) is 7.05 Å². The monoisotopic (exact) mass is 259 g/mol. The zero-order valence-electron chi connectivity index (χ0n) is 10.0. The SMILES string of the molecule is Cn1ccc(-c2noc(-c3ccc(F)c(N)c3)n2)n1. The van der Waals surface area contributed by atoms with Crippen molar-refractivity contribution < 1.29 is 8.91 Å². The molecule has 0 amide bonds. The van der Waals surface area contributed by atoms with Crippen LogP contribution in [0.3, 0.4) is 0 Å². The number of aryl methyl sites for hydroxylation is 1. The smallest absolute Gasteiger partial charge is 0.258 e. The molecule has 0 aliphatic carbocycles. The first-order valence-corrected chi connectivity index (χ1v) is 5.52. The number of nitrogen functional groups attached to an aromatic ring is 1. The summed E-state index contributed by atoms with van der Waals surface area (Å²) in [6.45, 7) is 0. The second-order valence-corrected chi connectivity index (χ2v) is 4.03. The van der Waals surface area contributed by atoms with Crippen LogP contribution in [0.2, 0.25) is 0 Å². The first-order chi connectivity index (χ1) is 9.13. The predicted molar refractivity (Wildman–Crippen MR) is 66.3 cm³/mol. The van der Waals surface area contributed by atoms with E-state index >= 15 is 0 Å². The van der Waals surface area contributed by atoms with Crippen LogP contribution in [0.5, 0.6) is 0 Å². The molecule has 0 aliphatic rings. The highest BCUT2D eigenvalue weighted by atomic mass is 19.1. The third kappa shape index (κ3) is 2.05. The molecule has 7 heteroatoms. The van der Waals surface area contributed by atoms with Crippen molar-refractivity contribution in [1.29, 1.82) is 0 Å². The summed E-state index contributed by atoms with van der Waals surface area (Å²) < 4.78 is 19.8. The zero-order valence-corrected chi connectivity index (χ0v) is 10.0. The third-order valence-corrected chi connectivity index (χ3v) is 2.61. The van der Waals surface area contributed by atoms with Crippen molar-refractivity contribution in [3.05, 3.63) is 36.3 Å². The van der Waals surface area contributed by atoms with Crippen molar-refractivity contribution >= 4 is 5.69 Å². The van der Waals surface area contributed by atoms with E-state index in [1.165, 1.54) is 18.2 Å². The number of anilines is 1. The van der Waals surface area contributed by atoms with E-state index < -0.39 is 5.82 Å². The minimum atomic E-state index is -0.479. The van der Waals surface area contributed by atoms with Gasteiger partial charge in [-0.1, -0.05) is 5.16 Å². The van der Waals surface area contributed by atoms with Crippen LogP contribution >= 0.6 is 0 Å². The number of rotatable bonds is 2. The Morgan fingerprint density at radius 2 is 2.16 bits per heavy atom. The van der Waals surface area contributed by atoms with Gasteiger partial charge in [0.1, 0.15) is 11.5 Å². The fraction of sp³-hybridized carbons (Fsp3) is 0.0833. The topological polar surface area (TPSA) is 82.8 Å². The van der Waals surface area contributed by atoms with Crippen molar-refractivity contribution in [2.75, 3.05) is 5.73 Å². The lowest BCUT2D eigenvalue weighted by Crippen LogP contribution is -1.91. The molecule has 0 atom stereocenters. The van der Waals surface area contributed by atoms with Gasteiger partial charge < -0.3 is 10.3 Å². The van der Waals surface area contributed by atoms with Gasteiger partial charge in [-0.3, -0.25) is 4.68 Å². The number of aromatic nitrogens is 4. The molecule has 0 aliphatic heterocycles. The molecule has 0 fully saturated rings. The summed E-state index contributed by atoms with van der Waals surface area (Å²) in [6, 6.07) is 6.01. The van der Waals surface area contributed by atoms with Gasteiger partial charge in [-0.15, -0.1) is 0 Å². The number of halogens is 1. The molecule has 6 nitrogen and oxygen atoms in total. The van der Waals surface area contributed by atoms with E-state index in [2.05, 4.69) is 15.2 Å². The van der Waals surface area contributed by atoms with Crippen LogP contribution in [0.15, 0.2) is 35.0 Å². The van der Waals surface area contributed by atoms with Crippen molar-refractivity contribution in [1.82, 2.24) is 19.9 Å². The van der Waals surface area contributed by atoms with E-state index in [1.54, 1.807) is 24.0 Å². The van der Waals surface area contributed by atoms with Gasteiger partial charge in [0, 0.05) is 18.8 Å². The number of benzene rings is 1. The maximum atomic E-state index is 13.1. The Balaban J connectivity index is 1.98. The summed E-state index contributed by atoms with van der Waals surface area (Å²) in [5.41, 5.74) is 6.70. The Morgan fingerprint density at radius 3 is 2.84 bits per heavy atom. The van der Waals surface area contributed by atoms with E-state index in [9.17, 15) is 4.39 Å². The lowest BCUT2D eigenvalue weighted by Gasteiger charge is -1.97. The number of nitrogens with two attached hydrogens (primary N) is 1. The minimum Gasteiger partial charge on any atom is -0.396 e. The third-order valence-electron chi connectivity index (χ3n) is 2.61. The largest absolute Gasteiger partial charge is 0.396 e. The van der Waals surface area contributed by atoms with Crippen LogP contribution in [-0.4, -0.2) is 19.9 Å². The van der Waals surface area contributed by atoms with E-state index in [0.717, 1.165) is 0 Å². The van der Waals surface area contributed by atoms with Crippen LogP contribution in [0.1, 0.15) is 0 Å². The van der Waals surface area contributed by atoms with Gasteiger partial charge in [0.25, 0.3) is 5.89 Å². The van der Waals surface area contributed by atoms with Crippen LogP contribution < -0.4 is 5.73 Å². The van der Waals surface area contributed by atoms with E-state index in [1.807, 2.05) is 0 Å². The Labute approximate surface area is 107 Å². The summed E-state index contributed by atoms with van der Waals surface area (Å²) in [5, 5.41) is 8.00. The second kappa shape index (κ2) is 4.20. The molecule has 2 aromatic heterocycles. The molecule has 2 N–H and O–H groups in total. The highest BCUT2D eigenvalue weighted by Crippen LogP contribution is 2.24. The standard InChI is InChI=1S/C12H10FN5O/c1-18-5-4-10(16-18)11-15-12(19-17-11)7-2-3-8(13)9(14)6-7/h2-6H,14H2,1H3. The molecule has 0 spiro atoms. The van der Waals surface area contributed by atoms with Gasteiger partial charge in [-0.25, -0.2) is 4.39 Å². The predicted octanol–water partition coefficient (Wildman–Crippen LogP) is 1.86. The molecule has 0 saturated heterocycles. The average Bonchev–Trinajstić information content (AvgIpc) is 3.01. The molecule has 0 saturated carbocycles. The molecule has 0 bridgehead atoms. The van der Waals surface area contributed by atoms with Gasteiger partial charge in [0.15, 0.2) is 0 Å². The molecule has 3 aromatic rings. The molecular weight excluding hydrogens is 249 g/mol. The van der Waals surface area contributed by atoms with Crippen molar-refractivity contribution in [3.63, 3.8) is 0 Å². The lowest BCUT2D eigenvalue weighted by molar-refractivity contribution is 0.432. The Hall–Kier alpha value is -2.70. The molecule has 0 radical (unpaired) electrons. The Bertz CT molecular complexity index is 733. The van der Waals surface area contributed by atoms with Crippen LogP contribution in [-0.2, 0) is 7.05 Å². The van der Waals surface area contributed by atoms with Gasteiger partial charge in [-0.05, 0) is 24.3 Å². The zero-order chi connectivity index (χ0) is 13.4. The summed E-state index contributed by atoms with van der Waals surface area (Å²) in [6.07, 6.45) is 1.78. The fourth-order valence-electron chi connectivity index (χ4n) is 1.66. The first kappa shape index (κ1) is 11.4. The molecular formula is C12H10FN5O. The summed E-state index contributed by atoms with van der Waals surface area (Å²) >= 11 is 0. The van der Waals surface area contributed by atoms with Gasteiger partial charge in [0.2, 0.25) is 5.82 Å². The van der Waals surface area contributed by atoms with Crippen LogP contribution in [0, 0.1) is 5.82 Å². The fourth-order valence-corrected chi connectivity index (χ4v) is 1.66. The number of nitrogens with zero attached hydrogens (tertiary/aromatic N) is 4. The minimum absolute atomic E-state index is 0.0371. The summed E-state index contributed by atoms with van der Waals surface area (Å²) in [7, 11) is 1.80. The average molecular weight is 259 g/mol. The second-order valence-electron chi connectivity index (χ2n) is 4.03. The van der Waals surface area contributed by atoms with Gasteiger partial charge >= 0.3 is 0 Å². The maximum absolute atomic E-state index is 13.1. The van der Waals surface area contributed by atoms with Crippen LogP contribution in [0.4, 0.5) is 10.1 Å². The first-order valence-electron chi connectivity index (χ1n) is 5.52. The van der Waals surface area contributed by atoms with Crippen molar-refractivity contribution in [2.45, 2.75) is 0 Å². The molecule has 3 rings (SSSR count). The highest BCUT2D eigenvalue weighted by molar-refractivity contribution is 5.62. The maximum Gasteiger partial charge on any atom is 0.258 e. The van der Waals surface area contributed by atoms with Crippen molar-refractivity contribution in [3.8, 4) is 23.0 Å². The van der Waals surface area contributed by atoms with E-state index in [0.29, 0.717) is 17.1 Å². The lowest BCUT2D eigenvalue weighted by atomic mass is 10.2. The van der Waals surface area contributed by atoms with Gasteiger partial charge in [-0.2, -0.15) is 10.1 Å². The quantitative estimate of drug-likeness (QED) is 0.710. The summed E-state index contributed by atoms with van der Waals surface area (Å²) in [4.78, 5) is 4.20. The summed E-state index contributed by atoms with van der Waals surface area (Å²) in [5.74, 6) is 0.166. The Morgan fingerprint density at radius 1 is 1.32 bits per heavy atom. The van der Waals surface area contributed by atoms with E-state index in [-0.39, 0.29) is 11.6 Å². The number of hydrogen-bond donors (Lipinski definition) is 1. The molecule has 19 heavy (non-hydrogen) atoms. The Kier molecular flexibility index (Phi) is 2.52.